The summed E-state index contributed by atoms with van der Waals surface area (Å²) in [6.07, 6.45) is -0.158. The van der Waals surface area contributed by atoms with Gasteiger partial charge in [-0.05, 0) is 24.6 Å². The SMILES string of the molecule is CCC(O)c1noc(-c2ccc3c(c2)OCCO3)n1. The summed E-state index contributed by atoms with van der Waals surface area (Å²) in [7, 11) is 0. The van der Waals surface area contributed by atoms with Gasteiger partial charge in [0.15, 0.2) is 11.5 Å². The van der Waals surface area contributed by atoms with Crippen LogP contribution in [-0.4, -0.2) is 28.5 Å². The third-order valence-electron chi connectivity index (χ3n) is 2.92. The summed E-state index contributed by atoms with van der Waals surface area (Å²) in [6.45, 7) is 2.94. The lowest BCUT2D eigenvalue weighted by Gasteiger charge is -2.18. The van der Waals surface area contributed by atoms with Gasteiger partial charge >= 0.3 is 0 Å². The minimum Gasteiger partial charge on any atom is -0.486 e. The number of rotatable bonds is 3. The van der Waals surface area contributed by atoms with Crippen molar-refractivity contribution in [2.24, 2.45) is 0 Å². The first kappa shape index (κ1) is 12.0. The number of nitrogens with zero attached hydrogens (tertiary/aromatic N) is 2. The second-order valence-corrected chi connectivity index (χ2v) is 4.24. The molecular formula is C13H14N2O4. The van der Waals surface area contributed by atoms with Crippen LogP contribution in [0, 0.1) is 0 Å². The number of hydrogen-bond acceptors (Lipinski definition) is 6. The number of hydrogen-bond donors (Lipinski definition) is 1. The lowest BCUT2D eigenvalue weighted by molar-refractivity contribution is 0.159. The average molecular weight is 262 g/mol. The number of aromatic nitrogens is 2. The molecule has 3 rings (SSSR count). The Labute approximate surface area is 110 Å². The first-order chi connectivity index (χ1) is 9.28. The largest absolute Gasteiger partial charge is 0.486 e. The van der Waals surface area contributed by atoms with E-state index >= 15 is 0 Å². The van der Waals surface area contributed by atoms with E-state index in [1.807, 2.05) is 19.1 Å². The molecule has 1 unspecified atom stereocenters. The highest BCUT2D eigenvalue weighted by Gasteiger charge is 2.17. The molecule has 1 aliphatic rings. The van der Waals surface area contributed by atoms with Crippen molar-refractivity contribution in [3.63, 3.8) is 0 Å². The van der Waals surface area contributed by atoms with E-state index in [9.17, 15) is 5.11 Å². The van der Waals surface area contributed by atoms with Crippen LogP contribution in [-0.2, 0) is 0 Å². The molecule has 100 valence electrons. The van der Waals surface area contributed by atoms with Gasteiger partial charge in [0.25, 0.3) is 5.89 Å². The molecule has 0 saturated heterocycles. The molecule has 19 heavy (non-hydrogen) atoms. The van der Waals surface area contributed by atoms with E-state index in [0.29, 0.717) is 42.8 Å². The zero-order chi connectivity index (χ0) is 13.2. The van der Waals surface area contributed by atoms with E-state index in [4.69, 9.17) is 14.0 Å². The maximum atomic E-state index is 9.65. The topological polar surface area (TPSA) is 77.6 Å². The van der Waals surface area contributed by atoms with Crippen LogP contribution in [0.15, 0.2) is 22.7 Å². The van der Waals surface area contributed by atoms with Crippen LogP contribution in [0.1, 0.15) is 25.3 Å². The van der Waals surface area contributed by atoms with Crippen molar-refractivity contribution < 1.29 is 19.1 Å². The molecule has 6 nitrogen and oxygen atoms in total. The quantitative estimate of drug-likeness (QED) is 0.911. The summed E-state index contributed by atoms with van der Waals surface area (Å²) in [5.41, 5.74) is 0.742. The normalized spacial score (nSPS) is 15.3. The first-order valence-electron chi connectivity index (χ1n) is 6.19. The van der Waals surface area contributed by atoms with Gasteiger partial charge in [-0.25, -0.2) is 0 Å². The minimum atomic E-state index is -0.699. The molecule has 1 aromatic heterocycles. The third-order valence-corrected chi connectivity index (χ3v) is 2.92. The maximum absolute atomic E-state index is 9.65. The van der Waals surface area contributed by atoms with E-state index in [2.05, 4.69) is 10.1 Å². The summed E-state index contributed by atoms with van der Waals surface area (Å²) in [4.78, 5) is 4.18. The molecule has 0 radical (unpaired) electrons. The molecule has 2 heterocycles. The smallest absolute Gasteiger partial charge is 0.258 e. The fraction of sp³-hybridized carbons (Fsp3) is 0.385. The van der Waals surface area contributed by atoms with Gasteiger partial charge in [0.2, 0.25) is 5.82 Å². The van der Waals surface area contributed by atoms with Crippen LogP contribution in [0.5, 0.6) is 11.5 Å². The van der Waals surface area contributed by atoms with Gasteiger partial charge in [-0.15, -0.1) is 0 Å². The Morgan fingerprint density at radius 3 is 2.84 bits per heavy atom. The Morgan fingerprint density at radius 2 is 2.05 bits per heavy atom. The van der Waals surface area contributed by atoms with Crippen LogP contribution in [0.4, 0.5) is 0 Å². The zero-order valence-corrected chi connectivity index (χ0v) is 10.5. The average Bonchev–Trinajstić information content (AvgIpc) is 2.95. The first-order valence-corrected chi connectivity index (χ1v) is 6.19. The molecule has 0 saturated carbocycles. The molecule has 1 N–H and O–H groups in total. The standard InChI is InChI=1S/C13H14N2O4/c1-2-9(16)12-14-13(19-15-12)8-3-4-10-11(7-8)18-6-5-17-10/h3-4,7,9,16H,2,5-6H2,1H3. The van der Waals surface area contributed by atoms with E-state index in [1.165, 1.54) is 0 Å². The summed E-state index contributed by atoms with van der Waals surface area (Å²) < 4.78 is 16.1. The summed E-state index contributed by atoms with van der Waals surface area (Å²) in [6, 6.07) is 5.43. The Kier molecular flexibility index (Phi) is 3.08. The molecule has 1 aromatic carbocycles. The molecule has 6 heteroatoms. The number of fused-ring (bicyclic) bond motifs is 1. The second-order valence-electron chi connectivity index (χ2n) is 4.24. The van der Waals surface area contributed by atoms with Crippen LogP contribution >= 0.6 is 0 Å². The molecule has 0 aliphatic carbocycles. The Bertz CT molecular complexity index is 582. The van der Waals surface area contributed by atoms with Crippen LogP contribution in [0.3, 0.4) is 0 Å². The maximum Gasteiger partial charge on any atom is 0.258 e. The van der Waals surface area contributed by atoms with Gasteiger partial charge in [-0.2, -0.15) is 4.98 Å². The Balaban J connectivity index is 1.91. The van der Waals surface area contributed by atoms with Crippen molar-refractivity contribution in [3.8, 4) is 23.0 Å². The summed E-state index contributed by atoms with van der Waals surface area (Å²) in [5, 5.41) is 13.4. The summed E-state index contributed by atoms with van der Waals surface area (Å²) in [5.74, 6) is 2.04. The van der Waals surface area contributed by atoms with Gasteiger partial charge < -0.3 is 19.1 Å². The number of benzene rings is 1. The number of aliphatic hydroxyl groups excluding tert-OH is 1. The van der Waals surface area contributed by atoms with E-state index in [-0.39, 0.29) is 0 Å². The van der Waals surface area contributed by atoms with Gasteiger partial charge in [0, 0.05) is 5.56 Å². The predicted octanol–water partition coefficient (Wildman–Crippen LogP) is 1.95. The van der Waals surface area contributed by atoms with Gasteiger partial charge in [-0.1, -0.05) is 12.1 Å². The van der Waals surface area contributed by atoms with E-state index in [0.717, 1.165) is 5.56 Å². The fourth-order valence-electron chi connectivity index (χ4n) is 1.85. The van der Waals surface area contributed by atoms with Gasteiger partial charge in [0.05, 0.1) is 0 Å². The zero-order valence-electron chi connectivity index (χ0n) is 10.5. The van der Waals surface area contributed by atoms with Crippen LogP contribution < -0.4 is 9.47 Å². The van der Waals surface area contributed by atoms with E-state index < -0.39 is 6.10 Å². The highest BCUT2D eigenvalue weighted by atomic mass is 16.6. The van der Waals surface area contributed by atoms with Crippen LogP contribution in [0.25, 0.3) is 11.5 Å². The monoisotopic (exact) mass is 262 g/mol. The second kappa shape index (κ2) is 4.89. The molecule has 0 bridgehead atoms. The molecule has 0 spiro atoms. The third kappa shape index (κ3) is 2.26. The van der Waals surface area contributed by atoms with Crippen molar-refractivity contribution in [2.45, 2.75) is 19.4 Å². The van der Waals surface area contributed by atoms with Crippen molar-refractivity contribution in [3.05, 3.63) is 24.0 Å². The van der Waals surface area contributed by atoms with Gasteiger partial charge in [-0.3, -0.25) is 0 Å². The Hall–Kier alpha value is -2.08. The molecule has 0 amide bonds. The van der Waals surface area contributed by atoms with Crippen molar-refractivity contribution in [1.29, 1.82) is 0 Å². The van der Waals surface area contributed by atoms with Crippen molar-refractivity contribution in [1.82, 2.24) is 10.1 Å². The number of ether oxygens (including phenoxy) is 2. The minimum absolute atomic E-state index is 0.299. The summed E-state index contributed by atoms with van der Waals surface area (Å²) >= 11 is 0. The van der Waals surface area contributed by atoms with Crippen molar-refractivity contribution in [2.75, 3.05) is 13.2 Å². The molecular weight excluding hydrogens is 248 g/mol. The van der Waals surface area contributed by atoms with Crippen LogP contribution in [0.2, 0.25) is 0 Å². The molecule has 1 atom stereocenters. The predicted molar refractivity (Wildman–Crippen MR) is 66.0 cm³/mol. The van der Waals surface area contributed by atoms with E-state index in [1.54, 1.807) is 6.07 Å². The Morgan fingerprint density at radius 1 is 1.26 bits per heavy atom. The number of aliphatic hydroxyl groups is 1. The lowest BCUT2D eigenvalue weighted by atomic mass is 10.2. The van der Waals surface area contributed by atoms with Crippen molar-refractivity contribution >= 4 is 0 Å². The highest BCUT2D eigenvalue weighted by molar-refractivity contribution is 5.60. The molecule has 0 fully saturated rings. The fourth-order valence-corrected chi connectivity index (χ4v) is 1.85. The highest BCUT2D eigenvalue weighted by Crippen LogP contribution is 2.34. The lowest BCUT2D eigenvalue weighted by Crippen LogP contribution is -2.15. The van der Waals surface area contributed by atoms with Gasteiger partial charge in [0.1, 0.15) is 19.3 Å². The molecule has 2 aromatic rings. The molecule has 1 aliphatic heterocycles.